The molecule has 1 saturated heterocycles. The third kappa shape index (κ3) is 3.16. The van der Waals surface area contributed by atoms with Gasteiger partial charge in [-0.05, 0) is 48.4 Å². The van der Waals surface area contributed by atoms with E-state index >= 15 is 0 Å². The Morgan fingerprint density at radius 1 is 1.37 bits per heavy atom. The normalized spacial score (nSPS) is 19.6. The summed E-state index contributed by atoms with van der Waals surface area (Å²) in [6.07, 6.45) is 6.23. The average molecular weight is 404 g/mol. The summed E-state index contributed by atoms with van der Waals surface area (Å²) in [5.74, 6) is 0.323. The molecule has 3 aromatic rings. The number of aromatic amines is 1. The van der Waals surface area contributed by atoms with Gasteiger partial charge in [-0.1, -0.05) is 6.07 Å². The summed E-state index contributed by atoms with van der Waals surface area (Å²) in [5.41, 5.74) is 1.46. The summed E-state index contributed by atoms with van der Waals surface area (Å²) >= 11 is 0. The molecule has 30 heavy (non-hydrogen) atoms. The van der Waals surface area contributed by atoms with E-state index in [1.807, 2.05) is 18.3 Å². The second kappa shape index (κ2) is 7.10. The van der Waals surface area contributed by atoms with E-state index in [1.165, 1.54) is 12.1 Å². The lowest BCUT2D eigenvalue weighted by Crippen LogP contribution is -2.48. The molecular weight excluding hydrogens is 383 g/mol. The van der Waals surface area contributed by atoms with Crippen molar-refractivity contribution in [2.45, 2.75) is 25.8 Å². The number of nitrogens with one attached hydrogen (secondary N) is 2. The number of carbonyl (C=O) groups excluding carboxylic acids is 1. The fourth-order valence-electron chi connectivity index (χ4n) is 4.60. The van der Waals surface area contributed by atoms with Crippen molar-refractivity contribution in [1.82, 2.24) is 20.3 Å². The van der Waals surface area contributed by atoms with E-state index < -0.39 is 5.82 Å². The quantitative estimate of drug-likeness (QED) is 0.697. The summed E-state index contributed by atoms with van der Waals surface area (Å²) < 4.78 is 13.8. The molecule has 0 unspecified atom stereocenters. The molecule has 1 aliphatic carbocycles. The van der Waals surface area contributed by atoms with Crippen molar-refractivity contribution in [3.05, 3.63) is 53.7 Å². The van der Waals surface area contributed by atoms with Crippen LogP contribution in [-0.2, 0) is 11.3 Å². The smallest absolute Gasteiger partial charge is 0.224 e. The highest BCUT2D eigenvalue weighted by molar-refractivity contribution is 5.87. The zero-order chi connectivity index (χ0) is 20.7. The fourth-order valence-corrected chi connectivity index (χ4v) is 4.60. The summed E-state index contributed by atoms with van der Waals surface area (Å²) in [6.45, 7) is 1.81. The Labute approximate surface area is 172 Å². The van der Waals surface area contributed by atoms with Crippen LogP contribution in [0.5, 0.6) is 0 Å². The molecule has 1 amide bonds. The van der Waals surface area contributed by atoms with Gasteiger partial charge >= 0.3 is 0 Å². The van der Waals surface area contributed by atoms with Gasteiger partial charge in [0.2, 0.25) is 5.91 Å². The summed E-state index contributed by atoms with van der Waals surface area (Å²) in [5, 5.41) is 12.8. The van der Waals surface area contributed by atoms with Gasteiger partial charge in [-0.25, -0.2) is 14.4 Å². The van der Waals surface area contributed by atoms with Crippen LogP contribution in [0.2, 0.25) is 0 Å². The van der Waals surface area contributed by atoms with Gasteiger partial charge in [0.1, 0.15) is 29.7 Å². The molecule has 8 heteroatoms. The van der Waals surface area contributed by atoms with Crippen molar-refractivity contribution in [1.29, 1.82) is 5.26 Å². The van der Waals surface area contributed by atoms with Gasteiger partial charge in [0.25, 0.3) is 0 Å². The Bertz CT molecular complexity index is 1160. The highest BCUT2D eigenvalue weighted by atomic mass is 19.1. The van der Waals surface area contributed by atoms with E-state index in [1.54, 1.807) is 12.4 Å². The van der Waals surface area contributed by atoms with Crippen molar-refractivity contribution in [2.24, 2.45) is 11.3 Å². The molecule has 2 aliphatic rings. The number of hydrogen-bond donors (Lipinski definition) is 2. The first-order valence-electron chi connectivity index (χ1n) is 10.1. The predicted molar refractivity (Wildman–Crippen MR) is 109 cm³/mol. The highest BCUT2D eigenvalue weighted by Crippen LogP contribution is 2.56. The Kier molecular flexibility index (Phi) is 4.39. The Hall–Kier alpha value is -3.47. The molecule has 5 rings (SSSR count). The third-order valence-corrected chi connectivity index (χ3v) is 6.39. The van der Waals surface area contributed by atoms with Crippen LogP contribution in [0.1, 0.15) is 30.4 Å². The number of carbonyl (C=O) groups is 1. The van der Waals surface area contributed by atoms with Crippen LogP contribution in [0.3, 0.4) is 0 Å². The van der Waals surface area contributed by atoms with Gasteiger partial charge in [0.05, 0.1) is 10.9 Å². The van der Waals surface area contributed by atoms with Crippen molar-refractivity contribution in [3.8, 4) is 6.07 Å². The number of aromatic nitrogens is 3. The van der Waals surface area contributed by atoms with Crippen molar-refractivity contribution in [3.63, 3.8) is 0 Å². The van der Waals surface area contributed by atoms with Crippen molar-refractivity contribution >= 4 is 22.8 Å². The lowest BCUT2D eigenvalue weighted by Gasteiger charge is -2.39. The van der Waals surface area contributed by atoms with Gasteiger partial charge < -0.3 is 15.2 Å². The minimum Gasteiger partial charge on any atom is -0.355 e. The van der Waals surface area contributed by atoms with Crippen LogP contribution in [0, 0.1) is 28.5 Å². The van der Waals surface area contributed by atoms with Crippen LogP contribution >= 0.6 is 0 Å². The molecule has 2 fully saturated rings. The molecule has 1 atom stereocenters. The molecule has 1 aromatic carbocycles. The molecular formula is C22H21FN6O. The second-order valence-corrected chi connectivity index (χ2v) is 8.21. The second-order valence-electron chi connectivity index (χ2n) is 8.21. The van der Waals surface area contributed by atoms with Crippen LogP contribution in [0.25, 0.3) is 11.0 Å². The molecule has 152 valence electrons. The molecule has 1 aliphatic heterocycles. The van der Waals surface area contributed by atoms with Gasteiger partial charge in [-0.3, -0.25) is 4.79 Å². The highest BCUT2D eigenvalue weighted by Gasteiger charge is 2.55. The van der Waals surface area contributed by atoms with Crippen LogP contribution in [-0.4, -0.2) is 33.9 Å². The monoisotopic (exact) mass is 404 g/mol. The molecule has 3 heterocycles. The van der Waals surface area contributed by atoms with E-state index in [0.29, 0.717) is 5.56 Å². The Morgan fingerprint density at radius 2 is 2.23 bits per heavy atom. The number of nitrogens with zero attached hydrogens (tertiary/aromatic N) is 4. The molecule has 1 saturated carbocycles. The SMILES string of the molecule is N#Cc1ccc(CNC(=O)[C@H]2CCN(c3ncnc4[nH]ccc34)CC23CC3)cc1F. The number of fused-ring (bicyclic) bond motifs is 1. The lowest BCUT2D eigenvalue weighted by molar-refractivity contribution is -0.128. The van der Waals surface area contributed by atoms with Gasteiger partial charge in [0, 0.05) is 31.7 Å². The molecule has 0 bridgehead atoms. The number of benzene rings is 1. The van der Waals surface area contributed by atoms with Crippen molar-refractivity contribution in [2.75, 3.05) is 18.0 Å². The van der Waals surface area contributed by atoms with E-state index in [2.05, 4.69) is 25.2 Å². The fraction of sp³-hybridized carbons (Fsp3) is 0.364. The zero-order valence-electron chi connectivity index (χ0n) is 16.4. The van der Waals surface area contributed by atoms with Crippen LogP contribution in [0.15, 0.2) is 36.8 Å². The first-order chi connectivity index (χ1) is 14.6. The van der Waals surface area contributed by atoms with Gasteiger partial charge in [0.15, 0.2) is 0 Å². The van der Waals surface area contributed by atoms with E-state index in [9.17, 15) is 9.18 Å². The van der Waals surface area contributed by atoms with E-state index in [-0.39, 0.29) is 29.3 Å². The number of anilines is 1. The Balaban J connectivity index is 1.27. The maximum atomic E-state index is 13.8. The lowest BCUT2D eigenvalue weighted by atomic mass is 9.81. The predicted octanol–water partition coefficient (Wildman–Crippen LogP) is 2.89. The minimum atomic E-state index is -0.558. The minimum absolute atomic E-state index is 0.00985. The van der Waals surface area contributed by atoms with Gasteiger partial charge in [-0.15, -0.1) is 0 Å². The number of nitriles is 1. The number of rotatable bonds is 4. The van der Waals surface area contributed by atoms with Gasteiger partial charge in [-0.2, -0.15) is 5.26 Å². The average Bonchev–Trinajstić information content (AvgIpc) is 3.33. The van der Waals surface area contributed by atoms with Crippen LogP contribution in [0.4, 0.5) is 10.2 Å². The number of H-pyrrole nitrogens is 1. The molecule has 2 N–H and O–H groups in total. The first kappa shape index (κ1) is 18.6. The zero-order valence-corrected chi connectivity index (χ0v) is 16.4. The molecule has 1 spiro atoms. The largest absolute Gasteiger partial charge is 0.355 e. The maximum absolute atomic E-state index is 13.8. The van der Waals surface area contributed by atoms with Crippen molar-refractivity contribution < 1.29 is 9.18 Å². The summed E-state index contributed by atoms with van der Waals surface area (Å²) in [7, 11) is 0. The number of piperidine rings is 1. The number of amides is 1. The van der Waals surface area contributed by atoms with E-state index in [0.717, 1.165) is 49.2 Å². The standard InChI is InChI=1S/C22H21FN6O/c23-18-9-14(1-2-15(18)10-24)11-26-21(30)17-4-8-29(12-22(17)5-6-22)20-16-3-7-25-19(16)27-13-28-20/h1-3,7,9,13,17H,4-6,8,11-12H2,(H,26,30)(H,25,27,28)/t17-/m1/s1. The molecule has 2 aromatic heterocycles. The summed E-state index contributed by atoms with van der Waals surface area (Å²) in [6, 6.07) is 8.22. The third-order valence-electron chi connectivity index (χ3n) is 6.39. The van der Waals surface area contributed by atoms with Crippen LogP contribution < -0.4 is 10.2 Å². The summed E-state index contributed by atoms with van der Waals surface area (Å²) in [4.78, 5) is 27.1. The maximum Gasteiger partial charge on any atom is 0.224 e. The number of hydrogen-bond acceptors (Lipinski definition) is 5. The molecule has 0 radical (unpaired) electrons. The Morgan fingerprint density at radius 3 is 3.00 bits per heavy atom. The molecule has 7 nitrogen and oxygen atoms in total. The number of halogens is 1. The first-order valence-corrected chi connectivity index (χ1v) is 10.1. The van der Waals surface area contributed by atoms with E-state index in [4.69, 9.17) is 5.26 Å². The topological polar surface area (TPSA) is 97.7 Å².